The van der Waals surface area contributed by atoms with E-state index in [-0.39, 0.29) is 6.54 Å². The molecule has 12 heavy (non-hydrogen) atoms. The molecule has 4 nitrogen and oxygen atoms in total. The first-order valence-corrected chi connectivity index (χ1v) is 3.89. The molecule has 0 spiro atoms. The lowest BCUT2D eigenvalue weighted by atomic mass is 10.6. The van der Waals surface area contributed by atoms with Gasteiger partial charge in [-0.2, -0.15) is 5.10 Å². The van der Waals surface area contributed by atoms with Crippen LogP contribution in [0.1, 0.15) is 5.82 Å². The van der Waals surface area contributed by atoms with Crippen molar-refractivity contribution in [2.75, 3.05) is 13.8 Å². The van der Waals surface area contributed by atoms with Gasteiger partial charge in [-0.1, -0.05) is 0 Å². The van der Waals surface area contributed by atoms with E-state index in [0.29, 0.717) is 17.2 Å². The Labute approximate surface area is 74.4 Å². The minimum atomic E-state index is -0.454. The Morgan fingerprint density at radius 3 is 3.08 bits per heavy atom. The minimum Gasteiger partial charge on any atom is -0.377 e. The van der Waals surface area contributed by atoms with Gasteiger partial charge in [-0.25, -0.2) is 4.39 Å². The highest BCUT2D eigenvalue weighted by Crippen LogP contribution is 1.99. The maximum Gasteiger partial charge on any atom is 0.195 e. The molecule has 1 rings (SSSR count). The Balaban J connectivity index is 2.87. The van der Waals surface area contributed by atoms with Crippen molar-refractivity contribution in [3.63, 3.8) is 0 Å². The molecule has 0 radical (unpaired) electrons. The van der Waals surface area contributed by atoms with Crippen LogP contribution in [0, 0.1) is 4.77 Å². The van der Waals surface area contributed by atoms with Crippen molar-refractivity contribution in [2.24, 2.45) is 0 Å². The number of alkyl halides is 1. The second-order valence-corrected chi connectivity index (χ2v) is 2.61. The Bertz CT molecular complexity index is 295. The van der Waals surface area contributed by atoms with E-state index in [1.807, 2.05) is 0 Å². The van der Waals surface area contributed by atoms with Crippen LogP contribution in [0.2, 0.25) is 0 Å². The summed E-state index contributed by atoms with van der Waals surface area (Å²) in [5.74, 6) is 0.625. The molecule has 0 aromatic carbocycles. The third-order valence-electron chi connectivity index (χ3n) is 1.42. The molecule has 0 fully saturated rings. The highest BCUT2D eigenvalue weighted by atomic mass is 32.1. The number of rotatable bonds is 4. The van der Waals surface area contributed by atoms with Crippen molar-refractivity contribution in [1.29, 1.82) is 0 Å². The predicted molar refractivity (Wildman–Crippen MR) is 44.1 cm³/mol. The van der Waals surface area contributed by atoms with Gasteiger partial charge < -0.3 is 4.74 Å². The van der Waals surface area contributed by atoms with Crippen LogP contribution < -0.4 is 0 Å². The molecule has 0 unspecified atom stereocenters. The van der Waals surface area contributed by atoms with Gasteiger partial charge in [0, 0.05) is 7.11 Å². The molecule has 0 bridgehead atoms. The molecular weight excluding hydrogens is 181 g/mol. The van der Waals surface area contributed by atoms with Crippen molar-refractivity contribution in [3.05, 3.63) is 10.6 Å². The van der Waals surface area contributed by atoms with Crippen molar-refractivity contribution in [3.8, 4) is 0 Å². The van der Waals surface area contributed by atoms with Crippen molar-refractivity contribution < 1.29 is 9.13 Å². The second kappa shape index (κ2) is 4.32. The van der Waals surface area contributed by atoms with E-state index >= 15 is 0 Å². The Morgan fingerprint density at radius 1 is 1.75 bits per heavy atom. The predicted octanol–water partition coefficient (Wildman–Crippen LogP) is 1.06. The number of hydrogen-bond donors (Lipinski definition) is 1. The quantitative estimate of drug-likeness (QED) is 0.723. The number of aromatic nitrogens is 3. The third kappa shape index (κ3) is 1.89. The summed E-state index contributed by atoms with van der Waals surface area (Å²) >= 11 is 4.88. The lowest BCUT2D eigenvalue weighted by molar-refractivity contribution is 0.173. The molecule has 0 aliphatic rings. The number of aromatic amines is 1. The maximum atomic E-state index is 12.0. The van der Waals surface area contributed by atoms with Gasteiger partial charge in [0.2, 0.25) is 0 Å². The molecule has 0 saturated carbocycles. The largest absolute Gasteiger partial charge is 0.377 e. The molecular formula is C6H10FN3OS. The average molecular weight is 191 g/mol. The van der Waals surface area contributed by atoms with E-state index in [2.05, 4.69) is 10.2 Å². The zero-order valence-corrected chi connectivity index (χ0v) is 7.53. The number of methoxy groups -OCH3 is 1. The maximum absolute atomic E-state index is 12.0. The summed E-state index contributed by atoms with van der Waals surface area (Å²) in [5.41, 5.74) is 0. The van der Waals surface area contributed by atoms with Gasteiger partial charge in [0.05, 0.1) is 6.54 Å². The number of H-pyrrole nitrogens is 1. The minimum absolute atomic E-state index is 0.230. The van der Waals surface area contributed by atoms with Crippen LogP contribution in [0.5, 0.6) is 0 Å². The zero-order chi connectivity index (χ0) is 8.97. The van der Waals surface area contributed by atoms with Gasteiger partial charge in [-0.15, -0.1) is 0 Å². The molecule has 0 atom stereocenters. The monoisotopic (exact) mass is 191 g/mol. The van der Waals surface area contributed by atoms with Gasteiger partial charge in [-0.3, -0.25) is 9.67 Å². The van der Waals surface area contributed by atoms with Crippen LogP contribution in [0.15, 0.2) is 0 Å². The molecule has 0 amide bonds. The summed E-state index contributed by atoms with van der Waals surface area (Å²) in [7, 11) is 1.55. The third-order valence-corrected chi connectivity index (χ3v) is 1.73. The van der Waals surface area contributed by atoms with Gasteiger partial charge in [0.25, 0.3) is 0 Å². The highest BCUT2D eigenvalue weighted by Gasteiger charge is 2.03. The molecule has 1 aromatic rings. The SMILES string of the molecule is COCc1n[nH]c(=S)n1CCF. The fourth-order valence-corrected chi connectivity index (χ4v) is 1.15. The van der Waals surface area contributed by atoms with E-state index in [4.69, 9.17) is 17.0 Å². The fourth-order valence-electron chi connectivity index (χ4n) is 0.905. The first-order valence-electron chi connectivity index (χ1n) is 3.48. The lowest BCUT2D eigenvalue weighted by Crippen LogP contribution is -2.06. The van der Waals surface area contributed by atoms with E-state index < -0.39 is 6.67 Å². The standard InChI is InChI=1S/C6H10FN3OS/c1-11-4-5-8-9-6(12)10(5)3-2-7/h2-4H2,1H3,(H,9,12). The second-order valence-electron chi connectivity index (χ2n) is 2.22. The summed E-state index contributed by atoms with van der Waals surface area (Å²) < 4.78 is 18.9. The molecule has 1 heterocycles. The Kier molecular flexibility index (Phi) is 3.36. The summed E-state index contributed by atoms with van der Waals surface area (Å²) in [6.45, 7) is 0.117. The number of nitrogens with zero attached hydrogens (tertiary/aromatic N) is 2. The molecule has 0 aliphatic carbocycles. The topological polar surface area (TPSA) is 42.8 Å². The van der Waals surface area contributed by atoms with Crippen LogP contribution in [0.4, 0.5) is 4.39 Å². The molecule has 1 N–H and O–H groups in total. The Morgan fingerprint density at radius 2 is 2.50 bits per heavy atom. The average Bonchev–Trinajstić information content (AvgIpc) is 2.37. The fraction of sp³-hybridized carbons (Fsp3) is 0.667. The smallest absolute Gasteiger partial charge is 0.195 e. The molecule has 1 aromatic heterocycles. The summed E-state index contributed by atoms with van der Waals surface area (Å²) in [5, 5.41) is 6.45. The van der Waals surface area contributed by atoms with Crippen LogP contribution in [0.3, 0.4) is 0 Å². The number of halogens is 1. The van der Waals surface area contributed by atoms with Crippen LogP contribution in [0.25, 0.3) is 0 Å². The van der Waals surface area contributed by atoms with E-state index in [1.165, 1.54) is 0 Å². The van der Waals surface area contributed by atoms with Crippen molar-refractivity contribution in [1.82, 2.24) is 14.8 Å². The number of nitrogens with one attached hydrogen (secondary N) is 1. The van der Waals surface area contributed by atoms with Crippen molar-refractivity contribution in [2.45, 2.75) is 13.2 Å². The Hall–Kier alpha value is -0.750. The summed E-state index contributed by atoms with van der Waals surface area (Å²) in [4.78, 5) is 0. The van der Waals surface area contributed by atoms with E-state index in [0.717, 1.165) is 0 Å². The zero-order valence-electron chi connectivity index (χ0n) is 6.71. The van der Waals surface area contributed by atoms with Crippen LogP contribution >= 0.6 is 12.2 Å². The van der Waals surface area contributed by atoms with Gasteiger partial charge in [0.15, 0.2) is 10.6 Å². The van der Waals surface area contributed by atoms with E-state index in [9.17, 15) is 4.39 Å². The number of hydrogen-bond acceptors (Lipinski definition) is 3. The lowest BCUT2D eigenvalue weighted by Gasteiger charge is -2.01. The summed E-state index contributed by atoms with van der Waals surface area (Å²) in [6.07, 6.45) is 0. The van der Waals surface area contributed by atoms with Crippen molar-refractivity contribution >= 4 is 12.2 Å². The molecule has 68 valence electrons. The van der Waals surface area contributed by atoms with Crippen LogP contribution in [-0.2, 0) is 17.9 Å². The van der Waals surface area contributed by atoms with E-state index in [1.54, 1.807) is 11.7 Å². The normalized spacial score (nSPS) is 10.5. The first kappa shape index (κ1) is 9.34. The van der Waals surface area contributed by atoms with Gasteiger partial charge in [0.1, 0.15) is 13.3 Å². The van der Waals surface area contributed by atoms with Crippen LogP contribution in [-0.4, -0.2) is 28.5 Å². The summed E-state index contributed by atoms with van der Waals surface area (Å²) in [6, 6.07) is 0. The van der Waals surface area contributed by atoms with Gasteiger partial charge >= 0.3 is 0 Å². The highest BCUT2D eigenvalue weighted by molar-refractivity contribution is 7.71. The molecule has 0 aliphatic heterocycles. The van der Waals surface area contributed by atoms with Gasteiger partial charge in [-0.05, 0) is 12.2 Å². The molecule has 6 heteroatoms. The first-order chi connectivity index (χ1) is 5.79. The number of ether oxygens (including phenoxy) is 1. The molecule has 0 saturated heterocycles.